The maximum atomic E-state index is 11.6. The van der Waals surface area contributed by atoms with Crippen LogP contribution in [-0.2, 0) is 14.8 Å². The van der Waals surface area contributed by atoms with Gasteiger partial charge < -0.3 is 0 Å². The second-order valence-electron chi connectivity index (χ2n) is 3.54. The van der Waals surface area contributed by atoms with Crippen LogP contribution in [0.25, 0.3) is 0 Å². The van der Waals surface area contributed by atoms with E-state index < -0.39 is 21.1 Å². The van der Waals surface area contributed by atoms with Crippen molar-refractivity contribution in [1.29, 1.82) is 0 Å². The fourth-order valence-electron chi connectivity index (χ4n) is 1.17. The van der Waals surface area contributed by atoms with E-state index in [-0.39, 0.29) is 15.8 Å². The summed E-state index contributed by atoms with van der Waals surface area (Å²) in [5, 5.41) is -0.498. The smallest absolute Gasteiger partial charge is 0.256 e. The third kappa shape index (κ3) is 2.36. The lowest BCUT2D eigenvalue weighted by molar-refractivity contribution is -0.110. The lowest BCUT2D eigenvalue weighted by Gasteiger charge is -2.06. The average Bonchev–Trinajstić information content (AvgIpc) is 2.96. The minimum Gasteiger partial charge on any atom is -0.288 e. The lowest BCUT2D eigenvalue weighted by atomic mass is 10.1. The van der Waals surface area contributed by atoms with Crippen molar-refractivity contribution in [3.63, 3.8) is 0 Å². The monoisotopic (exact) mass is 279 g/mol. The van der Waals surface area contributed by atoms with Crippen LogP contribution in [0.3, 0.4) is 0 Å². The number of hydrogen-bond donors (Lipinski definition) is 0. The largest absolute Gasteiger partial charge is 0.288 e. The molecule has 0 aromatic carbocycles. The van der Waals surface area contributed by atoms with Gasteiger partial charge >= 0.3 is 0 Å². The van der Waals surface area contributed by atoms with Gasteiger partial charge in [-0.2, -0.15) is 4.40 Å². The van der Waals surface area contributed by atoms with Gasteiger partial charge in [0, 0.05) is 6.08 Å². The van der Waals surface area contributed by atoms with Gasteiger partial charge in [0.05, 0.1) is 21.0 Å². The van der Waals surface area contributed by atoms with Gasteiger partial charge in [0.25, 0.3) is 10.0 Å². The van der Waals surface area contributed by atoms with Crippen LogP contribution in [-0.4, -0.2) is 25.2 Å². The Morgan fingerprint density at radius 1 is 1.19 bits per heavy atom. The molecule has 2 aliphatic rings. The van der Waals surface area contributed by atoms with Gasteiger partial charge in [-0.15, -0.1) is 0 Å². The molecule has 0 atom stereocenters. The van der Waals surface area contributed by atoms with E-state index in [2.05, 4.69) is 4.40 Å². The number of carbonyl (C=O) groups is 1. The first-order chi connectivity index (χ1) is 7.40. The zero-order chi connectivity index (χ0) is 11.9. The molecule has 1 fully saturated rings. The van der Waals surface area contributed by atoms with Gasteiger partial charge in [-0.3, -0.25) is 4.79 Å². The zero-order valence-electron chi connectivity index (χ0n) is 7.98. The predicted octanol–water partition coefficient (Wildman–Crippen LogP) is 1.75. The molecule has 0 spiro atoms. The summed E-state index contributed by atoms with van der Waals surface area (Å²) in [6, 6.07) is 0. The van der Waals surface area contributed by atoms with Crippen molar-refractivity contribution in [2.75, 3.05) is 0 Å². The van der Waals surface area contributed by atoms with Crippen molar-refractivity contribution in [3.8, 4) is 0 Å². The fraction of sp³-hybridized carbons (Fsp3) is 0.333. The van der Waals surface area contributed by atoms with Crippen LogP contribution in [0, 0.1) is 0 Å². The first-order valence-electron chi connectivity index (χ1n) is 4.53. The van der Waals surface area contributed by atoms with Gasteiger partial charge in [-0.25, -0.2) is 8.42 Å². The number of hydrogen-bond acceptors (Lipinski definition) is 3. The molecule has 0 saturated heterocycles. The minimum absolute atomic E-state index is 0.00127. The van der Waals surface area contributed by atoms with E-state index in [1.807, 2.05) is 0 Å². The molecule has 0 heterocycles. The van der Waals surface area contributed by atoms with E-state index >= 15 is 0 Å². The summed E-state index contributed by atoms with van der Waals surface area (Å²) in [6.45, 7) is 0. The van der Waals surface area contributed by atoms with E-state index in [0.29, 0.717) is 12.8 Å². The van der Waals surface area contributed by atoms with Crippen molar-refractivity contribution >= 4 is 44.7 Å². The summed E-state index contributed by atoms with van der Waals surface area (Å²) in [5.74, 6) is -0.450. The van der Waals surface area contributed by atoms with E-state index in [9.17, 15) is 13.2 Å². The van der Waals surface area contributed by atoms with Crippen LogP contribution in [0.5, 0.6) is 0 Å². The Kier molecular flexibility index (Phi) is 2.94. The predicted molar refractivity (Wildman–Crippen MR) is 62.3 cm³/mol. The molecule has 0 aromatic heterocycles. The zero-order valence-corrected chi connectivity index (χ0v) is 10.3. The summed E-state index contributed by atoms with van der Waals surface area (Å²) in [6.07, 6.45) is 3.48. The summed E-state index contributed by atoms with van der Waals surface area (Å²) in [5.41, 5.74) is 0.0261. The molecule has 16 heavy (non-hydrogen) atoms. The first-order valence-corrected chi connectivity index (χ1v) is 6.79. The fourth-order valence-corrected chi connectivity index (χ4v) is 2.88. The molecular formula is C9H7Cl2NO3S. The topological polar surface area (TPSA) is 63.6 Å². The highest BCUT2D eigenvalue weighted by Crippen LogP contribution is 2.30. The van der Waals surface area contributed by atoms with E-state index in [1.54, 1.807) is 0 Å². The van der Waals surface area contributed by atoms with Gasteiger partial charge in [-0.05, 0) is 18.9 Å². The normalized spacial score (nSPS) is 24.4. The molecule has 2 aliphatic carbocycles. The minimum atomic E-state index is -3.51. The number of ketones is 1. The van der Waals surface area contributed by atoms with Crippen LogP contribution >= 0.6 is 23.2 Å². The molecule has 0 bridgehead atoms. The lowest BCUT2D eigenvalue weighted by Crippen LogP contribution is -2.12. The number of halogens is 2. The van der Waals surface area contributed by atoms with Crippen LogP contribution < -0.4 is 0 Å². The molecule has 0 aromatic rings. The Labute approximate surface area is 103 Å². The SMILES string of the molecule is O=C1C=C(Cl)/C(=N/S(=O)(=O)C2CC2)C=C1Cl. The van der Waals surface area contributed by atoms with Gasteiger partial charge in [-0.1, -0.05) is 23.2 Å². The molecule has 2 rings (SSSR count). The highest BCUT2D eigenvalue weighted by molar-refractivity contribution is 7.91. The van der Waals surface area contributed by atoms with Crippen molar-refractivity contribution in [2.24, 2.45) is 4.40 Å². The quantitative estimate of drug-likeness (QED) is 0.724. The van der Waals surface area contributed by atoms with Crippen molar-refractivity contribution in [3.05, 3.63) is 22.2 Å². The second-order valence-corrected chi connectivity index (χ2v) is 6.23. The molecule has 7 heteroatoms. The Bertz CT molecular complexity index is 541. The molecule has 86 valence electrons. The van der Waals surface area contributed by atoms with Crippen LogP contribution in [0.2, 0.25) is 0 Å². The molecule has 0 unspecified atom stereocenters. The maximum Gasteiger partial charge on any atom is 0.256 e. The van der Waals surface area contributed by atoms with Gasteiger partial charge in [0.1, 0.15) is 0 Å². The summed E-state index contributed by atoms with van der Waals surface area (Å²) < 4.78 is 26.7. The van der Waals surface area contributed by atoms with E-state index in [4.69, 9.17) is 23.2 Å². The van der Waals surface area contributed by atoms with Crippen LogP contribution in [0.15, 0.2) is 26.6 Å². The van der Waals surface area contributed by atoms with Crippen molar-refractivity contribution in [2.45, 2.75) is 18.1 Å². The second kappa shape index (κ2) is 3.98. The van der Waals surface area contributed by atoms with Gasteiger partial charge in [0.15, 0.2) is 5.78 Å². The Hall–Kier alpha value is -0.650. The standard InChI is InChI=1S/C9H7Cl2NO3S/c10-6-4-9(13)7(11)3-8(6)12-16(14,15)5-1-2-5/h3-5H,1-2H2/b12-8+. The van der Waals surface area contributed by atoms with Gasteiger partial charge in [0.2, 0.25) is 0 Å². The Balaban J connectivity index is 2.38. The molecule has 0 radical (unpaired) electrons. The van der Waals surface area contributed by atoms with E-state index in [0.717, 1.165) is 6.08 Å². The van der Waals surface area contributed by atoms with Crippen LogP contribution in [0.1, 0.15) is 12.8 Å². The average molecular weight is 280 g/mol. The number of sulfonamides is 1. The molecular weight excluding hydrogens is 273 g/mol. The Morgan fingerprint density at radius 3 is 2.38 bits per heavy atom. The molecule has 0 aliphatic heterocycles. The summed E-state index contributed by atoms with van der Waals surface area (Å²) >= 11 is 11.3. The number of allylic oxidation sites excluding steroid dienone is 4. The molecule has 1 saturated carbocycles. The molecule has 4 nitrogen and oxygen atoms in total. The molecule has 0 amide bonds. The Morgan fingerprint density at radius 2 is 1.81 bits per heavy atom. The highest BCUT2D eigenvalue weighted by atomic mass is 35.5. The number of nitrogens with zero attached hydrogens (tertiary/aromatic N) is 1. The summed E-state index contributed by atoms with van der Waals surface area (Å²) in [4.78, 5) is 11.1. The van der Waals surface area contributed by atoms with Crippen molar-refractivity contribution in [1.82, 2.24) is 0 Å². The first kappa shape index (κ1) is 11.8. The van der Waals surface area contributed by atoms with Crippen LogP contribution in [0.4, 0.5) is 0 Å². The maximum absolute atomic E-state index is 11.6. The van der Waals surface area contributed by atoms with Crippen molar-refractivity contribution < 1.29 is 13.2 Å². The van der Waals surface area contributed by atoms with E-state index in [1.165, 1.54) is 6.08 Å². The third-order valence-electron chi connectivity index (χ3n) is 2.17. The number of rotatable bonds is 2. The number of carbonyl (C=O) groups excluding carboxylic acids is 1. The third-order valence-corrected chi connectivity index (χ3v) is 4.54. The molecule has 0 N–H and O–H groups in total. The highest BCUT2D eigenvalue weighted by Gasteiger charge is 2.36. The summed E-state index contributed by atoms with van der Waals surface area (Å²) in [7, 11) is -3.51.